The van der Waals surface area contributed by atoms with E-state index in [4.69, 9.17) is 14.2 Å². The Labute approximate surface area is 469 Å². The molecular formula is C70H116O6. The fraction of sp³-hybridized carbons (Fsp3) is 0.671. The van der Waals surface area contributed by atoms with Gasteiger partial charge in [-0.05, 0) is 103 Å². The maximum absolute atomic E-state index is 12.9. The van der Waals surface area contributed by atoms with Gasteiger partial charge in [0.15, 0.2) is 6.10 Å². The molecule has 432 valence electrons. The van der Waals surface area contributed by atoms with Crippen molar-refractivity contribution in [1.82, 2.24) is 0 Å². The number of unbranched alkanes of at least 4 members (excludes halogenated alkanes) is 25. The first-order valence-electron chi connectivity index (χ1n) is 31.5. The molecule has 0 fully saturated rings. The molecule has 0 bridgehead atoms. The molecule has 0 aromatic rings. The van der Waals surface area contributed by atoms with Crippen LogP contribution in [0.4, 0.5) is 0 Å². The van der Waals surface area contributed by atoms with E-state index in [-0.39, 0.29) is 37.5 Å². The van der Waals surface area contributed by atoms with Crippen LogP contribution in [0.5, 0.6) is 0 Å². The maximum Gasteiger partial charge on any atom is 0.306 e. The van der Waals surface area contributed by atoms with Crippen molar-refractivity contribution in [1.29, 1.82) is 0 Å². The molecule has 1 atom stereocenters. The average molecular weight is 1050 g/mol. The summed E-state index contributed by atoms with van der Waals surface area (Å²) in [5.74, 6) is -0.976. The largest absolute Gasteiger partial charge is 0.462 e. The van der Waals surface area contributed by atoms with Crippen LogP contribution in [-0.2, 0) is 28.6 Å². The quantitative estimate of drug-likeness (QED) is 0.0261. The molecule has 0 spiro atoms. The van der Waals surface area contributed by atoms with Gasteiger partial charge in [0, 0.05) is 19.3 Å². The molecule has 6 nitrogen and oxygen atoms in total. The van der Waals surface area contributed by atoms with Crippen LogP contribution in [0.25, 0.3) is 0 Å². The summed E-state index contributed by atoms with van der Waals surface area (Å²) in [5.41, 5.74) is 0. The van der Waals surface area contributed by atoms with Crippen LogP contribution < -0.4 is 0 Å². The topological polar surface area (TPSA) is 78.9 Å². The molecule has 0 saturated carbocycles. The summed E-state index contributed by atoms with van der Waals surface area (Å²) < 4.78 is 16.9. The van der Waals surface area contributed by atoms with Gasteiger partial charge in [-0.15, -0.1) is 0 Å². The van der Waals surface area contributed by atoms with E-state index in [1.807, 2.05) is 0 Å². The molecule has 0 aliphatic rings. The minimum Gasteiger partial charge on any atom is -0.462 e. The van der Waals surface area contributed by atoms with E-state index < -0.39 is 6.10 Å². The Kier molecular flexibility index (Phi) is 59.9. The molecule has 0 aromatic carbocycles. The lowest BCUT2D eigenvalue weighted by Gasteiger charge is -2.18. The normalized spacial score (nSPS) is 12.9. The van der Waals surface area contributed by atoms with Crippen molar-refractivity contribution in [3.05, 3.63) is 122 Å². The van der Waals surface area contributed by atoms with Crippen molar-refractivity contribution < 1.29 is 28.6 Å². The second-order valence-corrected chi connectivity index (χ2v) is 20.6. The van der Waals surface area contributed by atoms with Crippen LogP contribution in [0.1, 0.15) is 284 Å². The lowest BCUT2D eigenvalue weighted by molar-refractivity contribution is -0.167. The molecule has 0 aromatic heterocycles. The van der Waals surface area contributed by atoms with Gasteiger partial charge in [-0.25, -0.2) is 0 Å². The molecule has 0 rings (SSSR count). The number of carbonyl (C=O) groups excluding carboxylic acids is 3. The SMILES string of the molecule is CC/C=C\C/C=C\C/C=C\C/C=C\C/C=C\C/C=C\C/C=C\CCCC(=O)OCC(COC(=O)CCCCCCC/C=C\C/C=C\C/C=C\CC)OC(=O)CCCCCCCCCCCCCCCCCCCCCC. The fourth-order valence-electron chi connectivity index (χ4n) is 8.56. The van der Waals surface area contributed by atoms with Crippen LogP contribution in [0.2, 0.25) is 0 Å². The smallest absolute Gasteiger partial charge is 0.306 e. The molecule has 0 radical (unpaired) electrons. The van der Waals surface area contributed by atoms with Gasteiger partial charge in [-0.3, -0.25) is 14.4 Å². The van der Waals surface area contributed by atoms with Crippen LogP contribution in [0.15, 0.2) is 122 Å². The highest BCUT2D eigenvalue weighted by Crippen LogP contribution is 2.16. The number of esters is 3. The monoisotopic (exact) mass is 1050 g/mol. The van der Waals surface area contributed by atoms with Gasteiger partial charge < -0.3 is 14.2 Å². The Morgan fingerprint density at radius 3 is 0.855 bits per heavy atom. The summed E-state index contributed by atoms with van der Waals surface area (Å²) in [4.78, 5) is 38.3. The lowest BCUT2D eigenvalue weighted by Crippen LogP contribution is -2.30. The van der Waals surface area contributed by atoms with Crippen LogP contribution in [0.3, 0.4) is 0 Å². The lowest BCUT2D eigenvalue weighted by atomic mass is 10.0. The third-order valence-corrected chi connectivity index (χ3v) is 13.2. The molecule has 0 aliphatic heterocycles. The van der Waals surface area contributed by atoms with E-state index >= 15 is 0 Å². The molecule has 0 N–H and O–H groups in total. The van der Waals surface area contributed by atoms with E-state index in [0.29, 0.717) is 19.3 Å². The highest BCUT2D eigenvalue weighted by atomic mass is 16.6. The fourth-order valence-corrected chi connectivity index (χ4v) is 8.56. The van der Waals surface area contributed by atoms with Crippen molar-refractivity contribution in [2.45, 2.75) is 290 Å². The molecule has 0 heterocycles. The average Bonchev–Trinajstić information content (AvgIpc) is 3.42. The molecule has 1 unspecified atom stereocenters. The van der Waals surface area contributed by atoms with Crippen molar-refractivity contribution in [2.75, 3.05) is 13.2 Å². The van der Waals surface area contributed by atoms with Gasteiger partial charge in [0.05, 0.1) is 0 Å². The molecule has 0 aliphatic carbocycles. The predicted molar refractivity (Wildman–Crippen MR) is 330 cm³/mol. The summed E-state index contributed by atoms with van der Waals surface area (Å²) >= 11 is 0. The molecular weight excluding hydrogens is 937 g/mol. The summed E-state index contributed by atoms with van der Waals surface area (Å²) in [5, 5.41) is 0. The Morgan fingerprint density at radius 1 is 0.276 bits per heavy atom. The van der Waals surface area contributed by atoms with Gasteiger partial charge in [-0.2, -0.15) is 0 Å². The van der Waals surface area contributed by atoms with E-state index in [0.717, 1.165) is 128 Å². The summed E-state index contributed by atoms with van der Waals surface area (Å²) in [7, 11) is 0. The highest BCUT2D eigenvalue weighted by Gasteiger charge is 2.19. The number of hydrogen-bond donors (Lipinski definition) is 0. The second kappa shape index (κ2) is 63.3. The number of rotatable bonds is 56. The first-order valence-corrected chi connectivity index (χ1v) is 31.5. The van der Waals surface area contributed by atoms with Gasteiger partial charge >= 0.3 is 17.9 Å². The Hall–Kier alpha value is -4.19. The Morgan fingerprint density at radius 2 is 0.526 bits per heavy atom. The molecule has 0 amide bonds. The number of allylic oxidation sites excluding steroid dienone is 20. The Bertz CT molecular complexity index is 1590. The van der Waals surface area contributed by atoms with Crippen LogP contribution in [0, 0.1) is 0 Å². The van der Waals surface area contributed by atoms with Gasteiger partial charge in [0.25, 0.3) is 0 Å². The van der Waals surface area contributed by atoms with Gasteiger partial charge in [0.2, 0.25) is 0 Å². The van der Waals surface area contributed by atoms with Crippen molar-refractivity contribution in [3.8, 4) is 0 Å². The summed E-state index contributed by atoms with van der Waals surface area (Å²) in [6.45, 7) is 6.37. The molecule has 6 heteroatoms. The van der Waals surface area contributed by atoms with E-state index in [2.05, 4.69) is 142 Å². The minimum absolute atomic E-state index is 0.106. The number of hydrogen-bond acceptors (Lipinski definition) is 6. The highest BCUT2D eigenvalue weighted by molar-refractivity contribution is 5.71. The van der Waals surface area contributed by atoms with E-state index in [1.54, 1.807) is 0 Å². The summed E-state index contributed by atoms with van der Waals surface area (Å²) in [6.07, 6.45) is 87.8. The predicted octanol–water partition coefficient (Wildman–Crippen LogP) is 21.6. The van der Waals surface area contributed by atoms with Gasteiger partial charge in [0.1, 0.15) is 13.2 Å². The Balaban J connectivity index is 4.48. The van der Waals surface area contributed by atoms with Gasteiger partial charge in [-0.1, -0.05) is 284 Å². The zero-order valence-corrected chi connectivity index (χ0v) is 49.5. The maximum atomic E-state index is 12.9. The van der Waals surface area contributed by atoms with Crippen molar-refractivity contribution in [3.63, 3.8) is 0 Å². The van der Waals surface area contributed by atoms with Crippen LogP contribution >= 0.6 is 0 Å². The summed E-state index contributed by atoms with van der Waals surface area (Å²) in [6, 6.07) is 0. The molecule has 76 heavy (non-hydrogen) atoms. The van der Waals surface area contributed by atoms with E-state index in [9.17, 15) is 14.4 Å². The minimum atomic E-state index is -0.812. The zero-order chi connectivity index (χ0) is 55.0. The number of carbonyl (C=O) groups is 3. The first kappa shape index (κ1) is 71.8. The zero-order valence-electron chi connectivity index (χ0n) is 49.5. The van der Waals surface area contributed by atoms with Crippen molar-refractivity contribution >= 4 is 17.9 Å². The van der Waals surface area contributed by atoms with Crippen molar-refractivity contribution in [2.24, 2.45) is 0 Å². The number of ether oxygens (including phenoxy) is 3. The molecule has 0 saturated heterocycles. The third-order valence-electron chi connectivity index (χ3n) is 13.2. The first-order chi connectivity index (χ1) is 37.5. The van der Waals surface area contributed by atoms with Crippen LogP contribution in [-0.4, -0.2) is 37.2 Å². The standard InChI is InChI=1S/C70H116O6/c1-4-7-10-13-16-19-22-25-28-30-32-34-35-36-38-39-42-45-48-51-54-57-60-63-69(72)75-66-67(65-74-68(71)62-59-56-53-50-47-44-41-27-24-21-18-15-12-9-6-3)76-70(73)64-61-58-55-52-49-46-43-40-37-33-31-29-26-23-20-17-14-11-8-5-2/h7,9-10,12,16,18-19,21,25,27-28,32,34,36,38,41-42,45,51,54,67H,4-6,8,11,13-15,17,20,22-24,26,29-31,33,35,37,39-40,43-44,46-50,52-53,55-66H2,1-3H3/b10-7-,12-9-,19-16-,21-18-,28-25-,34-32-,38-36-,41-27-,45-42-,54-51-. The third kappa shape index (κ3) is 60.7. The van der Waals surface area contributed by atoms with E-state index in [1.165, 1.54) is 109 Å². The second-order valence-electron chi connectivity index (χ2n) is 20.6.